The zero-order valence-electron chi connectivity index (χ0n) is 14.8. The molecule has 0 spiro atoms. The molecule has 0 aromatic heterocycles. The molecule has 27 heavy (non-hydrogen) atoms. The molecule has 0 saturated carbocycles. The summed E-state index contributed by atoms with van der Waals surface area (Å²) >= 11 is 0. The van der Waals surface area contributed by atoms with Crippen LogP contribution in [0.3, 0.4) is 0 Å². The number of fused-ring (bicyclic) bond motifs is 1. The molecular weight excluding hydrogens is 361 g/mol. The quantitative estimate of drug-likeness (QED) is 0.490. The van der Waals surface area contributed by atoms with E-state index in [0.717, 1.165) is 21.9 Å². The number of hydrogen-bond donors (Lipinski definition) is 3. The van der Waals surface area contributed by atoms with Crippen LogP contribution in [-0.4, -0.2) is 16.0 Å². The van der Waals surface area contributed by atoms with E-state index in [1.54, 1.807) is 12.1 Å². The summed E-state index contributed by atoms with van der Waals surface area (Å²) in [6.45, 7) is 0. The average Bonchev–Trinajstić information content (AvgIpc) is 2.65. The van der Waals surface area contributed by atoms with Gasteiger partial charge >= 0.3 is 5.97 Å². The van der Waals surface area contributed by atoms with Crippen LogP contribution in [0.25, 0.3) is 10.8 Å². The van der Waals surface area contributed by atoms with Crippen LogP contribution >= 0.6 is 7.52 Å². The SMILES string of the molecule is O=C(O)CCC(NP(=O)(O)Cc1ccccc1)c1ccc2ccccc2c1. The fourth-order valence-corrected chi connectivity index (χ4v) is 4.68. The fourth-order valence-electron chi connectivity index (χ4n) is 3.12. The zero-order valence-corrected chi connectivity index (χ0v) is 15.7. The van der Waals surface area contributed by atoms with Crippen LogP contribution in [0.2, 0.25) is 0 Å². The lowest BCUT2D eigenvalue weighted by Gasteiger charge is -2.23. The van der Waals surface area contributed by atoms with Gasteiger partial charge in [0, 0.05) is 12.5 Å². The van der Waals surface area contributed by atoms with E-state index in [1.165, 1.54) is 0 Å². The number of carboxylic acids is 1. The Morgan fingerprint density at radius 3 is 2.33 bits per heavy atom. The van der Waals surface area contributed by atoms with Crippen molar-refractivity contribution in [2.45, 2.75) is 25.0 Å². The van der Waals surface area contributed by atoms with Crippen molar-refractivity contribution in [3.63, 3.8) is 0 Å². The first-order chi connectivity index (χ1) is 12.9. The molecule has 5 nitrogen and oxygen atoms in total. The largest absolute Gasteiger partial charge is 0.481 e. The first-order valence-corrected chi connectivity index (χ1v) is 10.6. The van der Waals surface area contributed by atoms with Gasteiger partial charge in [0.05, 0.1) is 6.16 Å². The molecule has 0 aliphatic carbocycles. The molecule has 3 rings (SSSR count). The summed E-state index contributed by atoms with van der Waals surface area (Å²) in [7, 11) is -3.70. The molecule has 0 heterocycles. The molecule has 0 fully saturated rings. The van der Waals surface area contributed by atoms with Crippen LogP contribution in [0.1, 0.15) is 30.0 Å². The minimum atomic E-state index is -3.70. The van der Waals surface area contributed by atoms with Gasteiger partial charge in [0.2, 0.25) is 0 Å². The van der Waals surface area contributed by atoms with Gasteiger partial charge in [-0.3, -0.25) is 9.36 Å². The molecule has 140 valence electrons. The van der Waals surface area contributed by atoms with Crippen molar-refractivity contribution in [2.75, 3.05) is 0 Å². The normalized spacial score (nSPS) is 14.6. The van der Waals surface area contributed by atoms with E-state index in [9.17, 15) is 14.3 Å². The molecule has 0 amide bonds. The van der Waals surface area contributed by atoms with Gasteiger partial charge in [0.15, 0.2) is 0 Å². The van der Waals surface area contributed by atoms with E-state index in [-0.39, 0.29) is 19.0 Å². The predicted molar refractivity (Wildman–Crippen MR) is 107 cm³/mol. The third kappa shape index (κ3) is 5.51. The number of nitrogens with one attached hydrogen (secondary N) is 1. The van der Waals surface area contributed by atoms with E-state index in [1.807, 2.05) is 60.7 Å². The van der Waals surface area contributed by atoms with Gasteiger partial charge in [-0.15, -0.1) is 0 Å². The fraction of sp³-hybridized carbons (Fsp3) is 0.190. The second kappa shape index (κ2) is 8.49. The lowest BCUT2D eigenvalue weighted by atomic mass is 9.99. The van der Waals surface area contributed by atoms with Crippen molar-refractivity contribution >= 4 is 24.3 Å². The third-order valence-electron chi connectivity index (χ3n) is 4.42. The van der Waals surface area contributed by atoms with Gasteiger partial charge in [-0.05, 0) is 34.4 Å². The van der Waals surface area contributed by atoms with Crippen LogP contribution in [0.5, 0.6) is 0 Å². The molecule has 0 aliphatic heterocycles. The van der Waals surface area contributed by atoms with Gasteiger partial charge < -0.3 is 10.00 Å². The lowest BCUT2D eigenvalue weighted by molar-refractivity contribution is -0.137. The minimum Gasteiger partial charge on any atom is -0.481 e. The summed E-state index contributed by atoms with van der Waals surface area (Å²) < 4.78 is 12.8. The molecule has 0 radical (unpaired) electrons. The molecule has 3 aromatic rings. The smallest absolute Gasteiger partial charge is 0.303 e. The monoisotopic (exact) mass is 383 g/mol. The number of benzene rings is 3. The Bertz CT molecular complexity index is 974. The number of hydrogen-bond acceptors (Lipinski definition) is 2. The second-order valence-corrected chi connectivity index (χ2v) is 8.54. The highest BCUT2D eigenvalue weighted by Gasteiger charge is 2.25. The predicted octanol–water partition coefficient (Wildman–Crippen LogP) is 4.72. The molecular formula is C21H22NO4P. The van der Waals surface area contributed by atoms with Crippen molar-refractivity contribution in [1.82, 2.24) is 5.09 Å². The van der Waals surface area contributed by atoms with E-state index in [4.69, 9.17) is 5.11 Å². The number of aliphatic carboxylic acids is 1. The lowest BCUT2D eigenvalue weighted by Crippen LogP contribution is -2.20. The van der Waals surface area contributed by atoms with Gasteiger partial charge in [0.1, 0.15) is 0 Å². The van der Waals surface area contributed by atoms with Crippen molar-refractivity contribution < 1.29 is 19.4 Å². The van der Waals surface area contributed by atoms with Crippen molar-refractivity contribution in [3.05, 3.63) is 83.9 Å². The van der Waals surface area contributed by atoms with E-state index < -0.39 is 19.5 Å². The van der Waals surface area contributed by atoms with E-state index >= 15 is 0 Å². The second-order valence-electron chi connectivity index (χ2n) is 6.57. The maximum absolute atomic E-state index is 12.8. The van der Waals surface area contributed by atoms with E-state index in [0.29, 0.717) is 0 Å². The molecule has 0 aliphatic rings. The number of carbonyl (C=O) groups is 1. The van der Waals surface area contributed by atoms with E-state index in [2.05, 4.69) is 5.09 Å². The summed E-state index contributed by atoms with van der Waals surface area (Å²) in [6, 6.07) is 22.2. The molecule has 2 unspecified atom stereocenters. The first kappa shape index (κ1) is 19.3. The third-order valence-corrected chi connectivity index (χ3v) is 5.93. The Morgan fingerprint density at radius 2 is 1.63 bits per heavy atom. The standard InChI is InChI=1S/C21H22NO4P/c23-21(24)13-12-20(19-11-10-17-8-4-5-9-18(17)14-19)22-27(25,26)15-16-6-2-1-3-7-16/h1-11,14,20H,12-13,15H2,(H,23,24)(H2,22,25,26). The van der Waals surface area contributed by atoms with Crippen LogP contribution in [-0.2, 0) is 15.5 Å². The zero-order chi connectivity index (χ0) is 19.3. The van der Waals surface area contributed by atoms with Gasteiger partial charge in [-0.1, -0.05) is 66.7 Å². The molecule has 3 N–H and O–H groups in total. The minimum absolute atomic E-state index is 0.00894. The molecule has 2 atom stereocenters. The van der Waals surface area contributed by atoms with Crippen LogP contribution in [0.15, 0.2) is 72.8 Å². The first-order valence-electron chi connectivity index (χ1n) is 8.77. The van der Waals surface area contributed by atoms with Crippen molar-refractivity contribution in [2.24, 2.45) is 0 Å². The highest BCUT2D eigenvalue weighted by molar-refractivity contribution is 7.55. The Morgan fingerprint density at radius 1 is 0.963 bits per heavy atom. The topological polar surface area (TPSA) is 86.6 Å². The maximum atomic E-state index is 12.8. The Hall–Kier alpha value is -2.46. The number of carboxylic acid groups (broad SMARTS) is 1. The molecule has 0 saturated heterocycles. The summed E-state index contributed by atoms with van der Waals surface area (Å²) in [6.07, 6.45) is 0.133. The van der Waals surface area contributed by atoms with Gasteiger partial charge in [0.25, 0.3) is 7.52 Å². The van der Waals surface area contributed by atoms with Crippen LogP contribution < -0.4 is 5.09 Å². The van der Waals surface area contributed by atoms with Crippen molar-refractivity contribution in [3.8, 4) is 0 Å². The molecule has 3 aromatic carbocycles. The summed E-state index contributed by atoms with van der Waals surface area (Å²) in [5.74, 6) is -0.932. The van der Waals surface area contributed by atoms with Crippen molar-refractivity contribution in [1.29, 1.82) is 0 Å². The van der Waals surface area contributed by atoms with Gasteiger partial charge in [-0.25, -0.2) is 5.09 Å². The number of rotatable bonds is 8. The average molecular weight is 383 g/mol. The van der Waals surface area contributed by atoms with Crippen LogP contribution in [0.4, 0.5) is 0 Å². The molecule has 0 bridgehead atoms. The Kier molecular flexibility index (Phi) is 6.07. The molecule has 6 heteroatoms. The summed E-state index contributed by atoms with van der Waals surface area (Å²) in [5.41, 5.74) is 1.56. The Labute approximate surface area is 158 Å². The highest BCUT2D eigenvalue weighted by Crippen LogP contribution is 2.43. The maximum Gasteiger partial charge on any atom is 0.303 e. The Balaban J connectivity index is 1.85. The van der Waals surface area contributed by atoms with Crippen LogP contribution in [0, 0.1) is 0 Å². The summed E-state index contributed by atoms with van der Waals surface area (Å²) in [5, 5.41) is 14.0. The highest BCUT2D eigenvalue weighted by atomic mass is 31.2. The van der Waals surface area contributed by atoms with Gasteiger partial charge in [-0.2, -0.15) is 0 Å². The summed E-state index contributed by atoms with van der Waals surface area (Å²) in [4.78, 5) is 21.5.